The van der Waals surface area contributed by atoms with E-state index in [4.69, 9.17) is 4.74 Å². The molecule has 0 unspecified atom stereocenters. The van der Waals surface area contributed by atoms with Gasteiger partial charge in [-0.2, -0.15) is 0 Å². The molecule has 3 aliphatic carbocycles. The van der Waals surface area contributed by atoms with E-state index in [1.165, 1.54) is 29.2 Å². The van der Waals surface area contributed by atoms with Crippen LogP contribution in [0.4, 0.5) is 0 Å². The van der Waals surface area contributed by atoms with E-state index in [0.717, 1.165) is 0 Å². The maximum absolute atomic E-state index is 11.3. The van der Waals surface area contributed by atoms with Gasteiger partial charge in [-0.25, -0.2) is 0 Å². The summed E-state index contributed by atoms with van der Waals surface area (Å²) in [6.07, 6.45) is 0. The molecule has 1 saturated carbocycles. The molecule has 21 heavy (non-hydrogen) atoms. The Kier molecular flexibility index (Phi) is 1.96. The summed E-state index contributed by atoms with van der Waals surface area (Å²) in [6, 6.07) is 17.5. The van der Waals surface area contributed by atoms with Crippen molar-refractivity contribution in [2.75, 3.05) is 6.61 Å². The first kappa shape index (κ1) is 11.6. The van der Waals surface area contributed by atoms with Crippen LogP contribution in [0.1, 0.15) is 46.9 Å². The maximum atomic E-state index is 11.3. The largest absolute Gasteiger partial charge is 0.465 e. The lowest BCUT2D eigenvalue weighted by atomic mass is 9.85. The number of fused-ring (bicyclic) bond motifs is 7. The van der Waals surface area contributed by atoms with E-state index in [1.807, 2.05) is 0 Å². The first-order valence-electron chi connectivity index (χ1n) is 7.56. The Labute approximate surface area is 123 Å². The van der Waals surface area contributed by atoms with Crippen molar-refractivity contribution in [2.45, 2.75) is 24.7 Å². The number of hydrogen-bond donors (Lipinski definition) is 0. The van der Waals surface area contributed by atoms with Crippen LogP contribution in [0.15, 0.2) is 48.5 Å². The van der Waals surface area contributed by atoms with Crippen LogP contribution in [-0.2, 0) is 9.53 Å². The molecule has 2 aromatic rings. The Hall–Kier alpha value is -2.09. The number of carbonyl (C=O) groups excluding carboxylic acids is 1. The molecule has 0 radical (unpaired) electrons. The molecule has 3 aliphatic rings. The number of benzene rings is 2. The molecule has 0 saturated heterocycles. The Morgan fingerprint density at radius 2 is 1.43 bits per heavy atom. The highest BCUT2D eigenvalue weighted by molar-refractivity contribution is 5.69. The van der Waals surface area contributed by atoms with Crippen molar-refractivity contribution in [1.29, 1.82) is 0 Å². The van der Waals surface area contributed by atoms with Crippen LogP contribution >= 0.6 is 0 Å². The fourth-order valence-electron chi connectivity index (χ4n) is 5.11. The minimum atomic E-state index is -0.172. The lowest BCUT2D eigenvalue weighted by molar-refractivity contribution is -0.142. The molecule has 0 amide bonds. The molecule has 2 atom stereocenters. The topological polar surface area (TPSA) is 26.3 Å². The quantitative estimate of drug-likeness (QED) is 0.784. The summed E-state index contributed by atoms with van der Waals surface area (Å²) in [4.78, 5) is 11.3. The van der Waals surface area contributed by atoms with Crippen molar-refractivity contribution in [2.24, 2.45) is 5.41 Å². The van der Waals surface area contributed by atoms with E-state index in [1.54, 1.807) is 0 Å². The van der Waals surface area contributed by atoms with Gasteiger partial charge in [-0.05, 0) is 22.3 Å². The second-order valence-electron chi connectivity index (χ2n) is 6.54. The molecular formula is C19H16O2. The molecule has 5 rings (SSSR count). The Bertz CT molecular complexity index is 723. The summed E-state index contributed by atoms with van der Waals surface area (Å²) < 4.78 is 5.47. The number of esters is 1. The monoisotopic (exact) mass is 276 g/mol. The minimum absolute atomic E-state index is 0.0963. The van der Waals surface area contributed by atoms with Crippen molar-refractivity contribution in [3.05, 3.63) is 70.8 Å². The average molecular weight is 276 g/mol. The third kappa shape index (κ3) is 1.18. The van der Waals surface area contributed by atoms with Gasteiger partial charge < -0.3 is 4.74 Å². The van der Waals surface area contributed by atoms with Crippen LogP contribution in [0.5, 0.6) is 0 Å². The van der Waals surface area contributed by atoms with E-state index < -0.39 is 0 Å². The first-order chi connectivity index (χ1) is 10.2. The van der Waals surface area contributed by atoms with Gasteiger partial charge in [0.1, 0.15) is 0 Å². The van der Waals surface area contributed by atoms with Gasteiger partial charge in [0, 0.05) is 30.1 Å². The van der Waals surface area contributed by atoms with E-state index in [0.29, 0.717) is 24.4 Å². The summed E-state index contributed by atoms with van der Waals surface area (Å²) in [5.74, 6) is 1.30. The second kappa shape index (κ2) is 3.56. The smallest absolute Gasteiger partial charge is 0.302 e. The fourth-order valence-corrected chi connectivity index (χ4v) is 5.11. The number of ether oxygens (including phenoxy) is 1. The highest BCUT2D eigenvalue weighted by Crippen LogP contribution is 2.85. The molecule has 0 heterocycles. The molecule has 0 bridgehead atoms. The van der Waals surface area contributed by atoms with Gasteiger partial charge in [0.05, 0.1) is 6.61 Å². The summed E-state index contributed by atoms with van der Waals surface area (Å²) in [5, 5.41) is 0. The normalized spacial score (nSPS) is 33.1. The van der Waals surface area contributed by atoms with Gasteiger partial charge in [0.2, 0.25) is 0 Å². The molecule has 0 aliphatic heterocycles. The van der Waals surface area contributed by atoms with Crippen molar-refractivity contribution < 1.29 is 9.53 Å². The minimum Gasteiger partial charge on any atom is -0.465 e. The summed E-state index contributed by atoms with van der Waals surface area (Å²) >= 11 is 0. The van der Waals surface area contributed by atoms with Gasteiger partial charge in [0.15, 0.2) is 0 Å². The highest BCUT2D eigenvalue weighted by Gasteiger charge is 2.78. The zero-order valence-electron chi connectivity index (χ0n) is 11.9. The zero-order valence-corrected chi connectivity index (χ0v) is 11.9. The molecule has 2 heteroatoms. The summed E-state index contributed by atoms with van der Waals surface area (Å²) in [5.41, 5.74) is 5.91. The molecular weight excluding hydrogens is 260 g/mol. The van der Waals surface area contributed by atoms with Gasteiger partial charge in [0.25, 0.3) is 0 Å². The van der Waals surface area contributed by atoms with Crippen molar-refractivity contribution >= 4 is 5.97 Å². The average Bonchev–Trinajstić information content (AvgIpc) is 2.99. The Morgan fingerprint density at radius 1 is 0.952 bits per heavy atom. The predicted molar refractivity (Wildman–Crippen MR) is 79.3 cm³/mol. The van der Waals surface area contributed by atoms with Crippen LogP contribution in [0.3, 0.4) is 0 Å². The van der Waals surface area contributed by atoms with Crippen molar-refractivity contribution in [3.63, 3.8) is 0 Å². The molecule has 0 N–H and O–H groups in total. The number of rotatable bonds is 2. The Balaban J connectivity index is 1.70. The highest BCUT2D eigenvalue weighted by atomic mass is 16.5. The second-order valence-corrected chi connectivity index (χ2v) is 6.54. The van der Waals surface area contributed by atoms with Crippen LogP contribution < -0.4 is 0 Å². The van der Waals surface area contributed by atoms with Gasteiger partial charge in [-0.1, -0.05) is 48.5 Å². The molecule has 2 aromatic carbocycles. The molecule has 2 nitrogen and oxygen atoms in total. The molecule has 104 valence electrons. The molecule has 1 fully saturated rings. The lowest BCUT2D eigenvalue weighted by Gasteiger charge is -2.21. The van der Waals surface area contributed by atoms with Crippen LogP contribution in [0.25, 0.3) is 0 Å². The number of hydrogen-bond acceptors (Lipinski definition) is 2. The fraction of sp³-hybridized carbons (Fsp3) is 0.316. The third-order valence-electron chi connectivity index (χ3n) is 5.73. The van der Waals surface area contributed by atoms with Crippen molar-refractivity contribution in [1.82, 2.24) is 0 Å². The van der Waals surface area contributed by atoms with E-state index in [9.17, 15) is 4.79 Å². The number of carbonyl (C=O) groups is 1. The zero-order chi connectivity index (χ0) is 14.2. The summed E-state index contributed by atoms with van der Waals surface area (Å²) in [6.45, 7) is 2.05. The van der Waals surface area contributed by atoms with Gasteiger partial charge in [-0.3, -0.25) is 4.79 Å². The molecule has 0 spiro atoms. The van der Waals surface area contributed by atoms with E-state index in [2.05, 4.69) is 48.5 Å². The third-order valence-corrected chi connectivity index (χ3v) is 5.73. The van der Waals surface area contributed by atoms with E-state index >= 15 is 0 Å². The standard InChI is InChI=1S/C19H16O2/c1-11(20)21-10-19-16-12-6-2-4-8-14(12)17(19)18(19)15-9-5-3-7-13(15)16/h2-9,16-18H,10H2,1H3/t16?,17-,18-,19?/m1/s1. The van der Waals surface area contributed by atoms with Crippen molar-refractivity contribution in [3.8, 4) is 0 Å². The van der Waals surface area contributed by atoms with Gasteiger partial charge in [-0.15, -0.1) is 0 Å². The Morgan fingerprint density at radius 3 is 1.90 bits per heavy atom. The molecule has 0 aromatic heterocycles. The maximum Gasteiger partial charge on any atom is 0.302 e. The predicted octanol–water partition coefficient (Wildman–Crippen LogP) is 3.58. The first-order valence-corrected chi connectivity index (χ1v) is 7.56. The SMILES string of the molecule is CC(=O)OCC12C3c4ccccc4[C@@H]1[C@H]2c1ccccc13. The van der Waals surface area contributed by atoms with Gasteiger partial charge >= 0.3 is 5.97 Å². The van der Waals surface area contributed by atoms with E-state index in [-0.39, 0.29) is 11.4 Å². The van der Waals surface area contributed by atoms with Crippen LogP contribution in [0.2, 0.25) is 0 Å². The van der Waals surface area contributed by atoms with Crippen LogP contribution in [-0.4, -0.2) is 12.6 Å². The van der Waals surface area contributed by atoms with Crippen LogP contribution in [0, 0.1) is 5.41 Å². The summed E-state index contributed by atoms with van der Waals surface area (Å²) in [7, 11) is 0. The lowest BCUT2D eigenvalue weighted by Crippen LogP contribution is -2.19.